The minimum Gasteiger partial charge on any atom is -0.462 e. The highest BCUT2D eigenvalue weighted by molar-refractivity contribution is 6.30. The second-order valence-corrected chi connectivity index (χ2v) is 19.4. The van der Waals surface area contributed by atoms with E-state index in [1.807, 2.05) is 73.7 Å². The predicted octanol–water partition coefficient (Wildman–Crippen LogP) is 12.2. The Morgan fingerprint density at radius 3 is 1.72 bits per heavy atom. The number of esters is 1. The molecule has 13 heteroatoms. The average Bonchev–Trinajstić information content (AvgIpc) is 3.40. The Bertz CT molecular complexity index is 2990. The Morgan fingerprint density at radius 1 is 0.620 bits per heavy atom. The molecule has 6 aromatic carbocycles. The maximum absolute atomic E-state index is 12.6. The number of carbonyl (C=O) groups is 1. The van der Waals surface area contributed by atoms with Crippen LogP contribution in [0.3, 0.4) is 0 Å². The van der Waals surface area contributed by atoms with Crippen molar-refractivity contribution in [2.24, 2.45) is 15.0 Å². The number of aliphatic imine (C=N–C) groups is 3. The average molecular weight is 966 g/mol. The number of para-hydroxylation sites is 1. The van der Waals surface area contributed by atoms with E-state index < -0.39 is 0 Å². The molecule has 0 bridgehead atoms. The van der Waals surface area contributed by atoms with E-state index in [1.165, 1.54) is 76.1 Å². The Labute approximate surface area is 421 Å². The number of aryl methyl sites for hydroxylation is 3. The minimum atomic E-state index is -0.264. The molecule has 12 nitrogen and oxygen atoms in total. The normalized spacial score (nSPS) is 20.8. The van der Waals surface area contributed by atoms with Gasteiger partial charge in [-0.05, 0) is 148 Å². The zero-order chi connectivity index (χ0) is 48.1. The summed E-state index contributed by atoms with van der Waals surface area (Å²) in [4.78, 5) is 29.7. The number of guanidine groups is 3. The lowest BCUT2D eigenvalue weighted by Gasteiger charge is -2.42. The number of nitrogens with one attached hydrogen (secondary N) is 6. The number of piperazine rings is 1. The quantitative estimate of drug-likeness (QED) is 0.0933. The number of nitrogens with zero attached hydrogens (tertiary/aromatic N) is 4. The first-order valence-corrected chi connectivity index (χ1v) is 25.8. The van der Waals surface area contributed by atoms with Crippen LogP contribution in [0.5, 0.6) is 0 Å². The van der Waals surface area contributed by atoms with Gasteiger partial charge in [-0.1, -0.05) is 84.4 Å². The van der Waals surface area contributed by atoms with Crippen molar-refractivity contribution in [1.29, 1.82) is 0 Å². The summed E-state index contributed by atoms with van der Waals surface area (Å²) < 4.78 is 5.32. The Morgan fingerprint density at radius 2 is 1.14 bits per heavy atom. The van der Waals surface area contributed by atoms with Crippen LogP contribution in [0.2, 0.25) is 5.02 Å². The van der Waals surface area contributed by atoms with Gasteiger partial charge in [0.15, 0.2) is 5.96 Å². The second-order valence-electron chi connectivity index (χ2n) is 19.0. The molecule has 3 aliphatic carbocycles. The first kappa shape index (κ1) is 46.2. The van der Waals surface area contributed by atoms with E-state index in [9.17, 15) is 4.79 Å². The van der Waals surface area contributed by atoms with Gasteiger partial charge in [0.25, 0.3) is 0 Å². The van der Waals surface area contributed by atoms with Gasteiger partial charge in [0, 0.05) is 69.8 Å². The van der Waals surface area contributed by atoms with Crippen LogP contribution >= 0.6 is 11.6 Å². The van der Waals surface area contributed by atoms with Crippen molar-refractivity contribution in [1.82, 2.24) is 10.2 Å². The van der Waals surface area contributed by atoms with Gasteiger partial charge in [-0.3, -0.25) is 0 Å². The molecule has 0 saturated carbocycles. The monoisotopic (exact) mass is 964 g/mol. The van der Waals surface area contributed by atoms with Crippen LogP contribution in [0.25, 0.3) is 0 Å². The zero-order valence-corrected chi connectivity index (χ0v) is 40.9. The molecule has 13 rings (SSSR count). The summed E-state index contributed by atoms with van der Waals surface area (Å²) in [5.41, 5.74) is 15.7. The maximum Gasteiger partial charge on any atom is 0.338 e. The summed E-state index contributed by atoms with van der Waals surface area (Å²) in [6.07, 6.45) is 10.4. The van der Waals surface area contributed by atoms with Crippen LogP contribution in [0, 0.1) is 0 Å². The van der Waals surface area contributed by atoms with Crippen LogP contribution in [-0.4, -0.2) is 55.0 Å². The van der Waals surface area contributed by atoms with Gasteiger partial charge in [-0.2, -0.15) is 0 Å². The smallest absolute Gasteiger partial charge is 0.338 e. The van der Waals surface area contributed by atoms with Crippen LogP contribution in [-0.2, 0) is 24.0 Å². The van der Waals surface area contributed by atoms with Gasteiger partial charge in [0.1, 0.15) is 0 Å². The lowest BCUT2D eigenvalue weighted by molar-refractivity contribution is 0.0522. The van der Waals surface area contributed by atoms with Gasteiger partial charge >= 0.3 is 5.97 Å². The summed E-state index contributed by atoms with van der Waals surface area (Å²) >= 11 is 5.92. The van der Waals surface area contributed by atoms with E-state index in [0.717, 1.165) is 91.6 Å². The van der Waals surface area contributed by atoms with Crippen LogP contribution in [0.15, 0.2) is 148 Å². The molecule has 0 spiro atoms. The number of ether oxygens (including phenoxy) is 1. The molecular weight excluding hydrogens is 904 g/mol. The predicted molar refractivity (Wildman–Crippen MR) is 289 cm³/mol. The topological polar surface area (TPSA) is 139 Å². The minimum absolute atomic E-state index is 0.0129. The third-order valence-corrected chi connectivity index (χ3v) is 14.7. The number of hydrogen-bond donors (Lipinski definition) is 6. The van der Waals surface area contributed by atoms with Crippen LogP contribution in [0.4, 0.5) is 28.4 Å². The van der Waals surface area contributed by atoms with Crippen LogP contribution < -0.4 is 31.9 Å². The van der Waals surface area contributed by atoms with E-state index >= 15 is 0 Å². The van der Waals surface area contributed by atoms with Crippen molar-refractivity contribution in [2.45, 2.75) is 88.9 Å². The number of carbonyl (C=O) groups excluding carboxylic acids is 1. The molecule has 4 heterocycles. The summed E-state index contributed by atoms with van der Waals surface area (Å²) in [5.74, 6) is 2.32. The fraction of sp³-hybridized carbons (Fsp3) is 0.310. The molecule has 4 unspecified atom stereocenters. The number of anilines is 5. The van der Waals surface area contributed by atoms with E-state index in [1.54, 1.807) is 0 Å². The number of benzene rings is 6. The molecule has 362 valence electrons. The fourth-order valence-corrected chi connectivity index (χ4v) is 11.4. The van der Waals surface area contributed by atoms with Gasteiger partial charge in [-0.25, -0.2) is 19.8 Å². The fourth-order valence-electron chi connectivity index (χ4n) is 11.2. The van der Waals surface area contributed by atoms with E-state index in [0.29, 0.717) is 18.2 Å². The highest BCUT2D eigenvalue weighted by atomic mass is 35.5. The highest BCUT2D eigenvalue weighted by Crippen LogP contribution is 2.43. The zero-order valence-electron chi connectivity index (χ0n) is 40.2. The van der Waals surface area contributed by atoms with Crippen molar-refractivity contribution in [3.63, 3.8) is 0 Å². The largest absolute Gasteiger partial charge is 0.462 e. The van der Waals surface area contributed by atoms with Gasteiger partial charge < -0.3 is 41.5 Å². The first-order chi connectivity index (χ1) is 35.0. The molecule has 7 aliphatic rings. The summed E-state index contributed by atoms with van der Waals surface area (Å²) in [7, 11) is 0. The third-order valence-electron chi connectivity index (χ3n) is 14.4. The molecule has 4 aliphatic heterocycles. The van der Waals surface area contributed by atoms with Gasteiger partial charge in [-0.15, -0.1) is 0 Å². The summed E-state index contributed by atoms with van der Waals surface area (Å²) in [6.45, 7) is 4.68. The molecule has 0 aromatic heterocycles. The van der Waals surface area contributed by atoms with Crippen molar-refractivity contribution in [3.05, 3.63) is 183 Å². The number of halogens is 1. The number of hydrogen-bond acceptors (Lipinski definition) is 12. The molecular formula is C58H61ClN10O2. The van der Waals surface area contributed by atoms with Gasteiger partial charge in [0.05, 0.1) is 36.3 Å². The molecule has 6 N–H and O–H groups in total. The standard InChI is InChI=1S/C24H28N4O2.C17H16ClN3.C17H17N3/c1-2-30-23(29)18-10-4-3-9-17(18)21-15-25-13-14-28(21)24-26-19-11-5-7-16-8-6-12-20(27-24)22(16)19;18-12-7-9-13(10-8-12)19-17-20-14-5-1-3-11-4-2-6-15(21-17)16(11)14;1-2-8-13(9-3-1)18-17-19-14-10-4-6-12-7-5-11-15(20-17)16(12)14/h3-5,7,9-11,20-21,25H,2,6,8,12-15H2,1H3,(H,26,27);1,3,5,7-10,15H,2,4,6H2,(H2,19,20,21);1-4,6,8-10,15H,5,7,11H2,(H2,18,19,20). The Hall–Kier alpha value is -7.15. The lowest BCUT2D eigenvalue weighted by atomic mass is 9.86. The molecule has 4 atom stereocenters. The van der Waals surface area contributed by atoms with Crippen molar-refractivity contribution >= 4 is 63.9 Å². The van der Waals surface area contributed by atoms with E-state index in [-0.39, 0.29) is 24.1 Å². The molecule has 1 fully saturated rings. The second kappa shape index (κ2) is 21.1. The molecule has 0 amide bonds. The SMILES string of the molecule is CCOC(=O)c1ccccc1C1CNCCN1C1=NC2CCCc3cccc(c32)N1.Clc1ccc(NC2=NC3CCCc4cccc(c43)N2)cc1.c1ccc(NC2=NC3CCCc4cccc(c43)N2)cc1. The molecule has 1 saturated heterocycles. The maximum atomic E-state index is 12.6. The van der Waals surface area contributed by atoms with Gasteiger partial charge in [0.2, 0.25) is 11.9 Å². The number of rotatable bonds is 5. The van der Waals surface area contributed by atoms with Crippen molar-refractivity contribution < 1.29 is 9.53 Å². The molecule has 6 aromatic rings. The lowest BCUT2D eigenvalue weighted by Crippen LogP contribution is -2.52. The summed E-state index contributed by atoms with van der Waals surface area (Å²) in [5, 5.41) is 21.4. The highest BCUT2D eigenvalue weighted by Gasteiger charge is 2.35. The van der Waals surface area contributed by atoms with Crippen molar-refractivity contribution in [3.8, 4) is 0 Å². The summed E-state index contributed by atoms with van der Waals surface area (Å²) in [6, 6.07) is 46.0. The van der Waals surface area contributed by atoms with Crippen LogP contribution in [0.1, 0.15) is 119 Å². The van der Waals surface area contributed by atoms with E-state index in [4.69, 9.17) is 31.3 Å². The Kier molecular flexibility index (Phi) is 13.7. The van der Waals surface area contributed by atoms with E-state index in [2.05, 4.69) is 104 Å². The third kappa shape index (κ3) is 10.1. The first-order valence-electron chi connectivity index (χ1n) is 25.4. The molecule has 71 heavy (non-hydrogen) atoms. The molecule has 0 radical (unpaired) electrons. The van der Waals surface area contributed by atoms with Crippen molar-refractivity contribution in [2.75, 3.05) is 52.8 Å². The Balaban J connectivity index is 0.000000119.